The lowest BCUT2D eigenvalue weighted by molar-refractivity contribution is -0.136. The Bertz CT molecular complexity index is 686. The van der Waals surface area contributed by atoms with Crippen LogP contribution in [0.15, 0.2) is 30.3 Å². The molecule has 22 heavy (non-hydrogen) atoms. The maximum atomic E-state index is 12.2. The van der Waals surface area contributed by atoms with Crippen molar-refractivity contribution in [2.75, 3.05) is 20.7 Å². The van der Waals surface area contributed by atoms with E-state index in [1.54, 1.807) is 24.3 Å². The van der Waals surface area contributed by atoms with Crippen LogP contribution in [0.3, 0.4) is 0 Å². The minimum atomic E-state index is -4.30. The lowest BCUT2D eigenvalue weighted by Gasteiger charge is -2.18. The minimum absolute atomic E-state index is 0.0558. The number of fused-ring (bicyclic) bond motifs is 1. The van der Waals surface area contributed by atoms with Gasteiger partial charge in [0.1, 0.15) is 5.69 Å². The van der Waals surface area contributed by atoms with Gasteiger partial charge in [-0.1, -0.05) is 18.2 Å². The summed E-state index contributed by atoms with van der Waals surface area (Å²) in [5.74, 6) is -0.307. The van der Waals surface area contributed by atoms with Crippen molar-refractivity contribution in [1.29, 1.82) is 0 Å². The summed E-state index contributed by atoms with van der Waals surface area (Å²) < 4.78 is 41.9. The molecule has 0 atom stereocenters. The molecule has 1 amide bonds. The van der Waals surface area contributed by atoms with E-state index in [-0.39, 0.29) is 11.6 Å². The number of nitrogens with zero attached hydrogens (tertiary/aromatic N) is 2. The Kier molecular flexibility index (Phi) is 4.54. The van der Waals surface area contributed by atoms with Crippen molar-refractivity contribution in [1.82, 2.24) is 9.88 Å². The van der Waals surface area contributed by atoms with Gasteiger partial charge in [-0.2, -0.15) is 13.2 Å². The highest BCUT2D eigenvalue weighted by Gasteiger charge is 2.28. The van der Waals surface area contributed by atoms with Crippen LogP contribution in [0.4, 0.5) is 13.2 Å². The van der Waals surface area contributed by atoms with E-state index in [0.717, 1.165) is 15.7 Å². The number of ether oxygens (including phenoxy) is 1. The van der Waals surface area contributed by atoms with Crippen LogP contribution in [0.5, 0.6) is 5.88 Å². The van der Waals surface area contributed by atoms with Crippen molar-refractivity contribution in [3.05, 3.63) is 36.0 Å². The maximum absolute atomic E-state index is 12.2. The van der Waals surface area contributed by atoms with E-state index >= 15 is 0 Å². The molecule has 0 saturated heterocycles. The van der Waals surface area contributed by atoms with Crippen LogP contribution in [-0.4, -0.2) is 42.7 Å². The molecule has 0 unspecified atom stereocenters. The average Bonchev–Trinajstić information content (AvgIpc) is 2.49. The highest BCUT2D eigenvalue weighted by molar-refractivity contribution is 5.98. The largest absolute Gasteiger partial charge is 0.481 e. The molecule has 0 aliphatic carbocycles. The van der Waals surface area contributed by atoms with Crippen molar-refractivity contribution in [2.24, 2.45) is 0 Å². The maximum Gasteiger partial charge on any atom is 0.390 e. The molecule has 1 aromatic heterocycles. The third-order valence-electron chi connectivity index (χ3n) is 3.20. The van der Waals surface area contributed by atoms with Crippen molar-refractivity contribution in [3.63, 3.8) is 0 Å². The highest BCUT2D eigenvalue weighted by Crippen LogP contribution is 2.25. The predicted molar refractivity (Wildman–Crippen MR) is 75.9 cm³/mol. The molecule has 0 aliphatic heterocycles. The van der Waals surface area contributed by atoms with Crippen molar-refractivity contribution in [2.45, 2.75) is 12.6 Å². The van der Waals surface area contributed by atoms with Crippen LogP contribution >= 0.6 is 0 Å². The number of halogens is 3. The second-order valence-corrected chi connectivity index (χ2v) is 4.83. The zero-order chi connectivity index (χ0) is 16.3. The summed E-state index contributed by atoms with van der Waals surface area (Å²) >= 11 is 0. The molecule has 0 radical (unpaired) electrons. The minimum Gasteiger partial charge on any atom is -0.481 e. The molecule has 4 nitrogen and oxygen atoms in total. The Hall–Kier alpha value is -2.31. The van der Waals surface area contributed by atoms with Crippen LogP contribution in [0.2, 0.25) is 0 Å². The van der Waals surface area contributed by atoms with Gasteiger partial charge >= 0.3 is 6.18 Å². The van der Waals surface area contributed by atoms with Gasteiger partial charge < -0.3 is 9.64 Å². The van der Waals surface area contributed by atoms with Gasteiger partial charge in [-0.05, 0) is 17.5 Å². The number of amides is 1. The van der Waals surface area contributed by atoms with Gasteiger partial charge in [0.2, 0.25) is 5.88 Å². The number of rotatable bonds is 4. The molecule has 1 aromatic carbocycles. The van der Waals surface area contributed by atoms with Crippen molar-refractivity contribution < 1.29 is 22.7 Å². The first-order chi connectivity index (χ1) is 10.3. The highest BCUT2D eigenvalue weighted by atomic mass is 19.4. The van der Waals surface area contributed by atoms with Crippen molar-refractivity contribution in [3.8, 4) is 5.88 Å². The number of carbonyl (C=O) groups is 1. The smallest absolute Gasteiger partial charge is 0.390 e. The fraction of sp³-hybridized carbons (Fsp3) is 0.333. The van der Waals surface area contributed by atoms with Crippen LogP contribution < -0.4 is 4.74 Å². The monoisotopic (exact) mass is 312 g/mol. The fourth-order valence-electron chi connectivity index (χ4n) is 2.02. The summed E-state index contributed by atoms with van der Waals surface area (Å²) in [4.78, 5) is 17.3. The van der Waals surface area contributed by atoms with E-state index < -0.39 is 25.0 Å². The number of methoxy groups -OCH3 is 1. The van der Waals surface area contributed by atoms with Crippen LogP contribution in [0.1, 0.15) is 16.9 Å². The van der Waals surface area contributed by atoms with Gasteiger partial charge in [-0.3, -0.25) is 4.79 Å². The number of hydrogen-bond donors (Lipinski definition) is 0. The molecule has 0 aliphatic rings. The first-order valence-corrected chi connectivity index (χ1v) is 6.58. The molecular weight excluding hydrogens is 297 g/mol. The van der Waals surface area contributed by atoms with Gasteiger partial charge in [-0.15, -0.1) is 0 Å². The summed E-state index contributed by atoms with van der Waals surface area (Å²) in [5.41, 5.74) is 0.0558. The number of hydrogen-bond acceptors (Lipinski definition) is 3. The van der Waals surface area contributed by atoms with E-state index in [9.17, 15) is 18.0 Å². The summed E-state index contributed by atoms with van der Waals surface area (Å²) in [5, 5.41) is 1.47. The number of aromatic nitrogens is 1. The third kappa shape index (κ3) is 3.66. The van der Waals surface area contributed by atoms with Crippen LogP contribution in [0.25, 0.3) is 10.8 Å². The Balaban J connectivity index is 2.28. The zero-order valence-electron chi connectivity index (χ0n) is 12.1. The van der Waals surface area contributed by atoms with E-state index in [4.69, 9.17) is 4.74 Å². The Morgan fingerprint density at radius 3 is 2.64 bits per heavy atom. The van der Waals surface area contributed by atoms with Gasteiger partial charge in [0, 0.05) is 19.0 Å². The fourth-order valence-corrected chi connectivity index (χ4v) is 2.02. The lowest BCUT2D eigenvalue weighted by Crippen LogP contribution is -2.31. The predicted octanol–water partition coefficient (Wildman–Crippen LogP) is 3.27. The summed E-state index contributed by atoms with van der Waals surface area (Å²) in [6.45, 7) is -0.418. The Morgan fingerprint density at radius 2 is 2.00 bits per heavy atom. The SMILES string of the molecule is COc1nc(C(=O)N(C)CCC(F)(F)F)cc2ccccc12. The molecule has 0 spiro atoms. The Labute approximate surface area is 125 Å². The average molecular weight is 312 g/mol. The van der Waals surface area contributed by atoms with Crippen LogP contribution in [-0.2, 0) is 0 Å². The molecular formula is C15H15F3N2O2. The van der Waals surface area contributed by atoms with E-state index in [1.165, 1.54) is 14.2 Å². The number of benzene rings is 1. The van der Waals surface area contributed by atoms with E-state index in [2.05, 4.69) is 4.98 Å². The van der Waals surface area contributed by atoms with Gasteiger partial charge in [0.25, 0.3) is 5.91 Å². The van der Waals surface area contributed by atoms with Gasteiger partial charge in [0.05, 0.1) is 13.5 Å². The van der Waals surface area contributed by atoms with Crippen LogP contribution in [0, 0.1) is 0 Å². The topological polar surface area (TPSA) is 42.4 Å². The second-order valence-electron chi connectivity index (χ2n) is 4.83. The zero-order valence-corrected chi connectivity index (χ0v) is 12.1. The summed E-state index contributed by atoms with van der Waals surface area (Å²) in [7, 11) is 2.74. The summed E-state index contributed by atoms with van der Waals surface area (Å²) in [6.07, 6.45) is -5.36. The Morgan fingerprint density at radius 1 is 1.32 bits per heavy atom. The van der Waals surface area contributed by atoms with E-state index in [0.29, 0.717) is 0 Å². The second kappa shape index (κ2) is 6.21. The molecule has 0 bridgehead atoms. The number of carbonyl (C=O) groups excluding carboxylic acids is 1. The van der Waals surface area contributed by atoms with E-state index in [1.807, 2.05) is 6.07 Å². The number of alkyl halides is 3. The van der Waals surface area contributed by atoms with Crippen molar-refractivity contribution >= 4 is 16.7 Å². The summed E-state index contributed by atoms with van der Waals surface area (Å²) in [6, 6.07) is 8.73. The molecule has 0 N–H and O–H groups in total. The molecule has 2 aromatic rings. The first kappa shape index (κ1) is 16.1. The quantitative estimate of drug-likeness (QED) is 0.870. The lowest BCUT2D eigenvalue weighted by atomic mass is 10.1. The van der Waals surface area contributed by atoms with Gasteiger partial charge in [-0.25, -0.2) is 4.98 Å². The molecule has 118 valence electrons. The molecule has 7 heteroatoms. The molecule has 0 saturated carbocycles. The third-order valence-corrected chi connectivity index (χ3v) is 3.20. The van der Waals surface area contributed by atoms with Gasteiger partial charge in [0.15, 0.2) is 0 Å². The number of pyridine rings is 1. The molecule has 1 heterocycles. The molecule has 0 fully saturated rings. The normalized spacial score (nSPS) is 11.5. The molecule has 2 rings (SSSR count). The first-order valence-electron chi connectivity index (χ1n) is 6.58. The standard InChI is InChI=1S/C15H15F3N2O2/c1-20(8-7-15(16,17)18)14(21)12-9-10-5-3-4-6-11(10)13(19-12)22-2/h3-6,9H,7-8H2,1-2H3.